The number of likely N-dealkylation sites (N-methyl/N-ethyl adjacent to an activating group) is 1. The molecule has 2 N–H and O–H groups in total. The Kier molecular flexibility index (Phi) is 3.06. The van der Waals surface area contributed by atoms with E-state index in [1.54, 1.807) is 6.92 Å². The molecule has 2 aromatic rings. The van der Waals surface area contributed by atoms with Crippen molar-refractivity contribution in [2.45, 2.75) is 19.4 Å². The van der Waals surface area contributed by atoms with Gasteiger partial charge in [-0.1, -0.05) is 18.2 Å². The van der Waals surface area contributed by atoms with Crippen LogP contribution < -0.4 is 5.32 Å². The summed E-state index contributed by atoms with van der Waals surface area (Å²) in [6.07, 6.45) is 0.709. The fourth-order valence-electron chi connectivity index (χ4n) is 1.91. The molecule has 0 bridgehead atoms. The van der Waals surface area contributed by atoms with E-state index in [0.717, 1.165) is 11.2 Å². The lowest BCUT2D eigenvalue weighted by molar-refractivity contribution is -0.118. The van der Waals surface area contributed by atoms with Gasteiger partial charge in [0.05, 0.1) is 6.04 Å². The molecule has 3 heteroatoms. The average Bonchev–Trinajstić information content (AvgIpc) is 2.67. The van der Waals surface area contributed by atoms with E-state index in [-0.39, 0.29) is 11.8 Å². The van der Waals surface area contributed by atoms with E-state index in [2.05, 4.69) is 22.4 Å². The quantitative estimate of drug-likeness (QED) is 0.819. The first-order valence-electron chi connectivity index (χ1n) is 5.45. The molecular weight excluding hydrogens is 200 g/mol. The Morgan fingerprint density at radius 3 is 2.81 bits per heavy atom. The number of H-pyrrole nitrogens is 1. The van der Waals surface area contributed by atoms with E-state index in [1.807, 2.05) is 25.2 Å². The first-order valence-corrected chi connectivity index (χ1v) is 5.45. The number of hydrogen-bond acceptors (Lipinski definition) is 2. The van der Waals surface area contributed by atoms with Crippen LogP contribution in [0.15, 0.2) is 30.3 Å². The summed E-state index contributed by atoms with van der Waals surface area (Å²) < 4.78 is 0. The van der Waals surface area contributed by atoms with Gasteiger partial charge < -0.3 is 10.3 Å². The third-order valence-electron chi connectivity index (χ3n) is 2.85. The van der Waals surface area contributed by atoms with Gasteiger partial charge in [0.1, 0.15) is 5.78 Å². The molecule has 0 unspecified atom stereocenters. The highest BCUT2D eigenvalue weighted by atomic mass is 16.1. The normalized spacial score (nSPS) is 12.9. The molecule has 1 heterocycles. The fraction of sp³-hybridized carbons (Fsp3) is 0.308. The van der Waals surface area contributed by atoms with Crippen molar-refractivity contribution in [1.82, 2.24) is 10.3 Å². The predicted molar refractivity (Wildman–Crippen MR) is 65.5 cm³/mol. The number of fused-ring (bicyclic) bond motifs is 1. The summed E-state index contributed by atoms with van der Waals surface area (Å²) >= 11 is 0. The maximum atomic E-state index is 11.3. The molecule has 1 aromatic carbocycles. The highest BCUT2D eigenvalue weighted by Gasteiger charge is 2.13. The van der Waals surface area contributed by atoms with Crippen LogP contribution in [0.2, 0.25) is 0 Å². The van der Waals surface area contributed by atoms with Crippen LogP contribution in [-0.2, 0) is 11.2 Å². The maximum Gasteiger partial charge on any atom is 0.147 e. The Morgan fingerprint density at radius 1 is 1.44 bits per heavy atom. The lowest BCUT2D eigenvalue weighted by Crippen LogP contribution is -2.34. The summed E-state index contributed by atoms with van der Waals surface area (Å²) in [6, 6.07) is 10.1. The van der Waals surface area contributed by atoms with E-state index in [0.29, 0.717) is 6.42 Å². The topological polar surface area (TPSA) is 44.9 Å². The Morgan fingerprint density at radius 2 is 2.19 bits per heavy atom. The highest BCUT2D eigenvalue weighted by Crippen LogP contribution is 2.15. The number of nitrogens with one attached hydrogen (secondary N) is 2. The molecule has 0 aliphatic heterocycles. The molecule has 2 rings (SSSR count). The van der Waals surface area contributed by atoms with Crippen molar-refractivity contribution in [2.24, 2.45) is 0 Å². The number of rotatable bonds is 4. The molecule has 1 aromatic heterocycles. The van der Waals surface area contributed by atoms with Gasteiger partial charge in [0.25, 0.3) is 0 Å². The molecule has 0 saturated carbocycles. The van der Waals surface area contributed by atoms with Crippen molar-refractivity contribution in [3.05, 3.63) is 36.0 Å². The van der Waals surface area contributed by atoms with Gasteiger partial charge in [0.2, 0.25) is 0 Å². The third-order valence-corrected chi connectivity index (χ3v) is 2.85. The van der Waals surface area contributed by atoms with Crippen LogP contribution in [0, 0.1) is 0 Å². The molecule has 84 valence electrons. The van der Waals surface area contributed by atoms with Crippen LogP contribution in [0.3, 0.4) is 0 Å². The molecule has 0 spiro atoms. The largest absolute Gasteiger partial charge is 0.358 e. The number of aromatic amines is 1. The van der Waals surface area contributed by atoms with Gasteiger partial charge in [-0.15, -0.1) is 0 Å². The predicted octanol–water partition coefficient (Wildman–Crippen LogP) is 1.89. The molecule has 3 nitrogen and oxygen atoms in total. The molecule has 16 heavy (non-hydrogen) atoms. The average molecular weight is 216 g/mol. The van der Waals surface area contributed by atoms with Gasteiger partial charge in [0.15, 0.2) is 0 Å². The Balaban J connectivity index is 2.24. The molecule has 0 aliphatic carbocycles. The molecular formula is C13H16N2O. The zero-order chi connectivity index (χ0) is 11.5. The van der Waals surface area contributed by atoms with E-state index in [9.17, 15) is 4.79 Å². The third kappa shape index (κ3) is 2.14. The van der Waals surface area contributed by atoms with Crippen LogP contribution in [-0.4, -0.2) is 23.9 Å². The first kappa shape index (κ1) is 10.9. The minimum Gasteiger partial charge on any atom is -0.358 e. The fourth-order valence-corrected chi connectivity index (χ4v) is 1.91. The van der Waals surface area contributed by atoms with Crippen molar-refractivity contribution < 1.29 is 4.79 Å². The number of carbonyl (C=O) groups is 1. The second kappa shape index (κ2) is 4.49. The zero-order valence-electron chi connectivity index (χ0n) is 9.58. The summed E-state index contributed by atoms with van der Waals surface area (Å²) in [4.78, 5) is 14.6. The van der Waals surface area contributed by atoms with Crippen molar-refractivity contribution in [1.29, 1.82) is 0 Å². The second-order valence-electron chi connectivity index (χ2n) is 4.04. The molecule has 0 radical (unpaired) electrons. The SMILES string of the molecule is CN[C@H](Cc1cc2ccccc2[nH]1)C(C)=O. The molecule has 0 amide bonds. The van der Waals surface area contributed by atoms with Crippen molar-refractivity contribution in [3.8, 4) is 0 Å². The molecule has 0 saturated heterocycles. The Bertz CT molecular complexity index is 468. The lowest BCUT2D eigenvalue weighted by Gasteiger charge is -2.10. The number of para-hydroxylation sites is 1. The smallest absolute Gasteiger partial charge is 0.147 e. The van der Waals surface area contributed by atoms with Gasteiger partial charge in [-0.3, -0.25) is 4.79 Å². The van der Waals surface area contributed by atoms with Crippen molar-refractivity contribution in [3.63, 3.8) is 0 Å². The molecule has 1 atom stereocenters. The van der Waals surface area contributed by atoms with E-state index in [4.69, 9.17) is 0 Å². The highest BCUT2D eigenvalue weighted by molar-refractivity contribution is 5.83. The number of hydrogen-bond donors (Lipinski definition) is 2. The monoisotopic (exact) mass is 216 g/mol. The summed E-state index contributed by atoms with van der Waals surface area (Å²) in [6.45, 7) is 1.61. The number of aromatic nitrogens is 1. The maximum absolute atomic E-state index is 11.3. The van der Waals surface area contributed by atoms with E-state index in [1.165, 1.54) is 5.39 Å². The summed E-state index contributed by atoms with van der Waals surface area (Å²) in [7, 11) is 1.81. The van der Waals surface area contributed by atoms with Crippen LogP contribution >= 0.6 is 0 Å². The van der Waals surface area contributed by atoms with Crippen molar-refractivity contribution >= 4 is 16.7 Å². The standard InChI is InChI=1S/C13H16N2O/c1-9(16)13(14-2)8-11-7-10-5-3-4-6-12(10)15-11/h3-7,13-15H,8H2,1-2H3/t13-/m1/s1. The summed E-state index contributed by atoms with van der Waals surface area (Å²) in [5, 5.41) is 4.22. The van der Waals surface area contributed by atoms with Gasteiger partial charge in [-0.2, -0.15) is 0 Å². The van der Waals surface area contributed by atoms with Gasteiger partial charge in [-0.05, 0) is 31.5 Å². The van der Waals surface area contributed by atoms with E-state index >= 15 is 0 Å². The van der Waals surface area contributed by atoms with Gasteiger partial charge in [0, 0.05) is 17.6 Å². The summed E-state index contributed by atoms with van der Waals surface area (Å²) in [5.41, 5.74) is 2.21. The summed E-state index contributed by atoms with van der Waals surface area (Å²) in [5.74, 6) is 0.168. The second-order valence-corrected chi connectivity index (χ2v) is 4.04. The number of carbonyl (C=O) groups excluding carboxylic acids is 1. The number of benzene rings is 1. The van der Waals surface area contributed by atoms with Gasteiger partial charge >= 0.3 is 0 Å². The lowest BCUT2D eigenvalue weighted by atomic mass is 10.1. The van der Waals surface area contributed by atoms with Crippen LogP contribution in [0.25, 0.3) is 10.9 Å². The minimum absolute atomic E-state index is 0.104. The van der Waals surface area contributed by atoms with Crippen LogP contribution in [0.4, 0.5) is 0 Å². The first-order chi connectivity index (χ1) is 7.70. The Labute approximate surface area is 94.9 Å². The Hall–Kier alpha value is -1.61. The number of ketones is 1. The van der Waals surface area contributed by atoms with Gasteiger partial charge in [-0.25, -0.2) is 0 Å². The van der Waals surface area contributed by atoms with E-state index < -0.39 is 0 Å². The molecule has 0 fully saturated rings. The van der Waals surface area contributed by atoms with Crippen LogP contribution in [0.1, 0.15) is 12.6 Å². The van der Waals surface area contributed by atoms with Crippen LogP contribution in [0.5, 0.6) is 0 Å². The zero-order valence-corrected chi connectivity index (χ0v) is 9.58. The number of Topliss-reactive ketones (excluding diaryl/α,β-unsaturated/α-hetero) is 1. The van der Waals surface area contributed by atoms with Crippen molar-refractivity contribution in [2.75, 3.05) is 7.05 Å². The molecule has 0 aliphatic rings. The minimum atomic E-state index is -0.104.